The lowest BCUT2D eigenvalue weighted by molar-refractivity contribution is 0.102. The first-order valence-corrected chi connectivity index (χ1v) is 5.95. The van der Waals surface area contributed by atoms with E-state index in [0.717, 1.165) is 5.56 Å². The normalized spacial score (nSPS) is 9.68. The third-order valence-corrected chi connectivity index (χ3v) is 2.81. The van der Waals surface area contributed by atoms with Gasteiger partial charge in [0.25, 0.3) is 5.91 Å². The summed E-state index contributed by atoms with van der Waals surface area (Å²) in [6.45, 7) is 0. The predicted octanol–water partition coefficient (Wildman–Crippen LogP) is 3.05. The van der Waals surface area contributed by atoms with Gasteiger partial charge in [-0.15, -0.1) is 0 Å². The number of nitrogens with zero attached hydrogens (tertiary/aromatic N) is 2. The molecule has 0 aliphatic carbocycles. The van der Waals surface area contributed by atoms with Crippen molar-refractivity contribution in [2.45, 2.75) is 6.42 Å². The Labute approximate surface area is 115 Å². The molecular weight excluding hydrogens is 262 g/mol. The van der Waals surface area contributed by atoms with E-state index in [0.29, 0.717) is 22.7 Å². The van der Waals surface area contributed by atoms with Crippen LogP contribution in [-0.2, 0) is 6.42 Å². The average molecular weight is 272 g/mol. The maximum atomic E-state index is 12.0. The van der Waals surface area contributed by atoms with Crippen LogP contribution in [0.5, 0.6) is 0 Å². The fraction of sp³-hybridized carbons (Fsp3) is 0.0714. The molecule has 1 aromatic carbocycles. The number of amides is 1. The lowest BCUT2D eigenvalue weighted by atomic mass is 10.1. The molecule has 5 heteroatoms. The second-order valence-electron chi connectivity index (χ2n) is 3.84. The quantitative estimate of drug-likeness (QED) is 0.933. The van der Waals surface area contributed by atoms with Crippen LogP contribution in [0.4, 0.5) is 5.69 Å². The first-order chi connectivity index (χ1) is 9.20. The van der Waals surface area contributed by atoms with Gasteiger partial charge in [0, 0.05) is 18.1 Å². The van der Waals surface area contributed by atoms with Crippen molar-refractivity contribution in [1.82, 2.24) is 4.98 Å². The minimum atomic E-state index is -0.291. The number of nitriles is 1. The lowest BCUT2D eigenvalue weighted by Crippen LogP contribution is -2.12. The van der Waals surface area contributed by atoms with Crippen molar-refractivity contribution in [3.63, 3.8) is 0 Å². The fourth-order valence-corrected chi connectivity index (χ4v) is 1.76. The van der Waals surface area contributed by atoms with E-state index >= 15 is 0 Å². The second-order valence-corrected chi connectivity index (χ2v) is 4.25. The van der Waals surface area contributed by atoms with Crippen molar-refractivity contribution in [2.24, 2.45) is 0 Å². The Kier molecular flexibility index (Phi) is 4.11. The largest absolute Gasteiger partial charge is 0.322 e. The van der Waals surface area contributed by atoms with Crippen LogP contribution in [0.25, 0.3) is 0 Å². The number of aromatic nitrogens is 1. The summed E-state index contributed by atoms with van der Waals surface area (Å²) < 4.78 is 0. The third kappa shape index (κ3) is 3.30. The van der Waals surface area contributed by atoms with Crippen molar-refractivity contribution in [3.05, 3.63) is 58.9 Å². The van der Waals surface area contributed by atoms with E-state index in [1.165, 1.54) is 12.4 Å². The predicted molar refractivity (Wildman–Crippen MR) is 73.0 cm³/mol. The number of hydrogen-bond acceptors (Lipinski definition) is 3. The highest BCUT2D eigenvalue weighted by molar-refractivity contribution is 6.34. The zero-order valence-electron chi connectivity index (χ0n) is 9.93. The Morgan fingerprint density at radius 3 is 2.68 bits per heavy atom. The Morgan fingerprint density at radius 2 is 2.05 bits per heavy atom. The van der Waals surface area contributed by atoms with Crippen molar-refractivity contribution in [1.29, 1.82) is 5.26 Å². The van der Waals surface area contributed by atoms with Crippen LogP contribution in [0.1, 0.15) is 15.9 Å². The van der Waals surface area contributed by atoms with E-state index in [4.69, 9.17) is 16.9 Å². The van der Waals surface area contributed by atoms with Gasteiger partial charge in [-0.3, -0.25) is 9.78 Å². The highest BCUT2D eigenvalue weighted by Gasteiger charge is 2.09. The molecular formula is C14H10ClN3O. The van der Waals surface area contributed by atoms with Gasteiger partial charge in [0.15, 0.2) is 0 Å². The summed E-state index contributed by atoms with van der Waals surface area (Å²) in [5.41, 5.74) is 1.93. The monoisotopic (exact) mass is 271 g/mol. The zero-order valence-corrected chi connectivity index (χ0v) is 10.7. The van der Waals surface area contributed by atoms with E-state index < -0.39 is 0 Å². The van der Waals surface area contributed by atoms with Gasteiger partial charge in [-0.25, -0.2) is 0 Å². The molecule has 0 saturated carbocycles. The van der Waals surface area contributed by atoms with Gasteiger partial charge in [-0.2, -0.15) is 5.26 Å². The number of carbonyl (C=O) groups excluding carboxylic acids is 1. The maximum absolute atomic E-state index is 12.0. The van der Waals surface area contributed by atoms with Crippen molar-refractivity contribution in [3.8, 4) is 6.07 Å². The number of halogens is 1. The minimum Gasteiger partial charge on any atom is -0.322 e. The number of carbonyl (C=O) groups is 1. The standard InChI is InChI=1S/C14H10ClN3O/c15-13-9-17-8-6-12(13)14(19)18-11-3-1-10(2-4-11)5-7-16/h1-4,6,8-9H,5H2,(H,18,19). The number of anilines is 1. The summed E-state index contributed by atoms with van der Waals surface area (Å²) >= 11 is 5.89. The van der Waals surface area contributed by atoms with Crippen LogP contribution in [0.2, 0.25) is 5.02 Å². The molecule has 1 heterocycles. The van der Waals surface area contributed by atoms with Crippen LogP contribution < -0.4 is 5.32 Å². The molecule has 19 heavy (non-hydrogen) atoms. The summed E-state index contributed by atoms with van der Waals surface area (Å²) in [4.78, 5) is 15.8. The molecule has 0 aliphatic heterocycles. The molecule has 1 amide bonds. The summed E-state index contributed by atoms with van der Waals surface area (Å²) in [5, 5.41) is 11.6. The van der Waals surface area contributed by atoms with Crippen molar-refractivity contribution >= 4 is 23.2 Å². The summed E-state index contributed by atoms with van der Waals surface area (Å²) in [7, 11) is 0. The first-order valence-electron chi connectivity index (χ1n) is 5.57. The van der Waals surface area contributed by atoms with Crippen molar-refractivity contribution in [2.75, 3.05) is 5.32 Å². The molecule has 2 aromatic rings. The van der Waals surface area contributed by atoms with Crippen LogP contribution in [0, 0.1) is 11.3 Å². The number of benzene rings is 1. The van der Waals surface area contributed by atoms with Crippen LogP contribution in [-0.4, -0.2) is 10.9 Å². The Hall–Kier alpha value is -2.38. The molecule has 0 spiro atoms. The fourth-order valence-electron chi connectivity index (χ4n) is 1.55. The molecule has 0 fully saturated rings. The van der Waals surface area contributed by atoms with E-state index in [1.807, 2.05) is 0 Å². The highest BCUT2D eigenvalue weighted by atomic mass is 35.5. The summed E-state index contributed by atoms with van der Waals surface area (Å²) in [6.07, 6.45) is 3.29. The van der Waals surface area contributed by atoms with Gasteiger partial charge >= 0.3 is 0 Å². The molecule has 0 saturated heterocycles. The molecule has 1 aromatic heterocycles. The molecule has 2 rings (SSSR count). The molecule has 4 nitrogen and oxygen atoms in total. The molecule has 0 atom stereocenters. The topological polar surface area (TPSA) is 65.8 Å². The zero-order chi connectivity index (χ0) is 13.7. The van der Waals surface area contributed by atoms with Crippen LogP contribution in [0.3, 0.4) is 0 Å². The van der Waals surface area contributed by atoms with Gasteiger partial charge in [0.2, 0.25) is 0 Å². The molecule has 0 radical (unpaired) electrons. The molecule has 1 N–H and O–H groups in total. The number of pyridine rings is 1. The SMILES string of the molecule is N#CCc1ccc(NC(=O)c2ccncc2Cl)cc1. The number of hydrogen-bond donors (Lipinski definition) is 1. The maximum Gasteiger partial charge on any atom is 0.257 e. The lowest BCUT2D eigenvalue weighted by Gasteiger charge is -2.06. The Balaban J connectivity index is 2.11. The molecule has 0 unspecified atom stereocenters. The first kappa shape index (κ1) is 13.1. The third-order valence-electron chi connectivity index (χ3n) is 2.51. The van der Waals surface area contributed by atoms with Gasteiger partial charge < -0.3 is 5.32 Å². The molecule has 0 bridgehead atoms. The van der Waals surface area contributed by atoms with Gasteiger partial charge in [0.1, 0.15) is 0 Å². The van der Waals surface area contributed by atoms with E-state index in [9.17, 15) is 4.79 Å². The van der Waals surface area contributed by atoms with Crippen LogP contribution in [0.15, 0.2) is 42.7 Å². The van der Waals surface area contributed by atoms with E-state index in [-0.39, 0.29) is 5.91 Å². The smallest absolute Gasteiger partial charge is 0.257 e. The number of nitrogens with one attached hydrogen (secondary N) is 1. The Morgan fingerprint density at radius 1 is 1.32 bits per heavy atom. The highest BCUT2D eigenvalue weighted by Crippen LogP contribution is 2.16. The van der Waals surface area contributed by atoms with Gasteiger partial charge in [0.05, 0.1) is 23.1 Å². The summed E-state index contributed by atoms with van der Waals surface area (Å²) in [5.74, 6) is -0.291. The van der Waals surface area contributed by atoms with E-state index in [1.54, 1.807) is 30.3 Å². The molecule has 0 aliphatic rings. The molecule has 94 valence electrons. The summed E-state index contributed by atoms with van der Waals surface area (Å²) in [6, 6.07) is 10.7. The minimum absolute atomic E-state index is 0.291. The Bertz CT molecular complexity index is 632. The van der Waals surface area contributed by atoms with Gasteiger partial charge in [-0.1, -0.05) is 23.7 Å². The van der Waals surface area contributed by atoms with Gasteiger partial charge in [-0.05, 0) is 23.8 Å². The number of rotatable bonds is 3. The van der Waals surface area contributed by atoms with Crippen LogP contribution >= 0.6 is 11.6 Å². The van der Waals surface area contributed by atoms with E-state index in [2.05, 4.69) is 16.4 Å². The van der Waals surface area contributed by atoms with Crippen molar-refractivity contribution < 1.29 is 4.79 Å². The second kappa shape index (κ2) is 5.98. The average Bonchev–Trinajstić information content (AvgIpc) is 2.42.